The van der Waals surface area contributed by atoms with E-state index in [1.165, 1.54) is 0 Å². The number of likely N-dealkylation sites (N-methyl/N-ethyl adjacent to an activating group) is 1. The van der Waals surface area contributed by atoms with E-state index in [0.29, 0.717) is 12.4 Å². The minimum absolute atomic E-state index is 0.0739. The van der Waals surface area contributed by atoms with Gasteiger partial charge in [-0.25, -0.2) is 5.01 Å². The lowest BCUT2D eigenvalue weighted by Crippen LogP contribution is -2.41. The zero-order chi connectivity index (χ0) is 8.88. The van der Waals surface area contributed by atoms with Crippen molar-refractivity contribution in [3.05, 3.63) is 0 Å². The summed E-state index contributed by atoms with van der Waals surface area (Å²) in [5.41, 5.74) is 0. The van der Waals surface area contributed by atoms with Gasteiger partial charge in [-0.1, -0.05) is 0 Å². The van der Waals surface area contributed by atoms with Crippen LogP contribution in [0.5, 0.6) is 0 Å². The van der Waals surface area contributed by atoms with E-state index in [4.69, 9.17) is 0 Å². The second kappa shape index (κ2) is 2.13. The summed E-state index contributed by atoms with van der Waals surface area (Å²) in [5, 5.41) is 3.36. The summed E-state index contributed by atoms with van der Waals surface area (Å²) in [6, 6.07) is -0.309. The molecule has 12 heavy (non-hydrogen) atoms. The third-order valence-electron chi connectivity index (χ3n) is 2.15. The molecular formula is C7H9N3O2. The van der Waals surface area contributed by atoms with Crippen molar-refractivity contribution in [1.82, 2.24) is 10.0 Å². The number of ketones is 1. The molecule has 0 saturated carbocycles. The SMILES string of the molecule is CC1C(=O)N=C2C(=O)CN(C)N21. The average Bonchev–Trinajstić information content (AvgIpc) is 2.41. The zero-order valence-electron chi connectivity index (χ0n) is 6.94. The van der Waals surface area contributed by atoms with Crippen LogP contribution in [0.15, 0.2) is 4.99 Å². The Bertz CT molecular complexity index is 297. The Hall–Kier alpha value is -1.23. The molecule has 0 N–H and O–H groups in total. The highest BCUT2D eigenvalue weighted by molar-refractivity contribution is 6.44. The minimum atomic E-state index is -0.309. The highest BCUT2D eigenvalue weighted by Crippen LogP contribution is 2.19. The molecule has 64 valence electrons. The summed E-state index contributed by atoms with van der Waals surface area (Å²) >= 11 is 0. The molecule has 0 aromatic heterocycles. The molecule has 1 saturated heterocycles. The highest BCUT2D eigenvalue weighted by atomic mass is 16.2. The van der Waals surface area contributed by atoms with Gasteiger partial charge in [-0.3, -0.25) is 14.6 Å². The van der Waals surface area contributed by atoms with Crippen molar-refractivity contribution in [2.24, 2.45) is 4.99 Å². The number of nitrogens with zero attached hydrogens (tertiary/aromatic N) is 3. The van der Waals surface area contributed by atoms with Crippen molar-refractivity contribution >= 4 is 17.5 Å². The number of carbonyl (C=O) groups is 2. The highest BCUT2D eigenvalue weighted by Gasteiger charge is 2.43. The van der Waals surface area contributed by atoms with Gasteiger partial charge in [-0.05, 0) is 6.92 Å². The predicted molar refractivity (Wildman–Crippen MR) is 41.4 cm³/mol. The summed E-state index contributed by atoms with van der Waals surface area (Å²) in [6.45, 7) is 2.07. The van der Waals surface area contributed by atoms with Crippen molar-refractivity contribution in [3.63, 3.8) is 0 Å². The van der Waals surface area contributed by atoms with Gasteiger partial charge in [0.15, 0.2) is 5.84 Å². The second-order valence-electron chi connectivity index (χ2n) is 3.03. The second-order valence-corrected chi connectivity index (χ2v) is 3.03. The summed E-state index contributed by atoms with van der Waals surface area (Å²) in [5.74, 6) is -0.00454. The van der Waals surface area contributed by atoms with Gasteiger partial charge in [0, 0.05) is 7.05 Å². The molecule has 5 heteroatoms. The van der Waals surface area contributed by atoms with E-state index in [-0.39, 0.29) is 17.7 Å². The molecule has 2 rings (SSSR count). The number of hydrogen-bond donors (Lipinski definition) is 0. The predicted octanol–water partition coefficient (Wildman–Crippen LogP) is -0.955. The van der Waals surface area contributed by atoms with Gasteiger partial charge in [0.05, 0.1) is 6.54 Å². The van der Waals surface area contributed by atoms with Crippen LogP contribution in [0.4, 0.5) is 0 Å². The van der Waals surface area contributed by atoms with Crippen molar-refractivity contribution in [1.29, 1.82) is 0 Å². The summed E-state index contributed by atoms with van der Waals surface area (Å²) < 4.78 is 0. The number of fused-ring (bicyclic) bond motifs is 1. The summed E-state index contributed by atoms with van der Waals surface area (Å²) in [7, 11) is 1.77. The van der Waals surface area contributed by atoms with E-state index >= 15 is 0 Å². The van der Waals surface area contributed by atoms with Gasteiger partial charge in [0.25, 0.3) is 5.91 Å². The lowest BCUT2D eigenvalue weighted by Gasteiger charge is -2.24. The van der Waals surface area contributed by atoms with Crippen LogP contribution in [-0.4, -0.2) is 47.2 Å². The fourth-order valence-electron chi connectivity index (χ4n) is 1.54. The largest absolute Gasteiger partial charge is 0.289 e. The monoisotopic (exact) mass is 167 g/mol. The first-order chi connectivity index (χ1) is 5.61. The van der Waals surface area contributed by atoms with Crippen LogP contribution in [0.3, 0.4) is 0 Å². The van der Waals surface area contributed by atoms with Gasteiger partial charge >= 0.3 is 0 Å². The zero-order valence-corrected chi connectivity index (χ0v) is 6.94. The molecule has 1 fully saturated rings. The normalized spacial score (nSPS) is 29.7. The van der Waals surface area contributed by atoms with E-state index in [0.717, 1.165) is 0 Å². The number of hydrogen-bond acceptors (Lipinski definition) is 4. The van der Waals surface area contributed by atoms with Crippen molar-refractivity contribution in [3.8, 4) is 0 Å². The van der Waals surface area contributed by atoms with Crippen LogP contribution in [0, 0.1) is 0 Å². The first-order valence-corrected chi connectivity index (χ1v) is 3.77. The minimum Gasteiger partial charge on any atom is -0.289 e. The number of carbonyl (C=O) groups excluding carboxylic acids is 2. The standard InChI is InChI=1S/C7H9N3O2/c1-4-7(12)8-6-5(11)3-9(2)10(4)6/h4H,3H2,1-2H3. The van der Waals surface area contributed by atoms with E-state index < -0.39 is 0 Å². The van der Waals surface area contributed by atoms with Gasteiger partial charge < -0.3 is 0 Å². The van der Waals surface area contributed by atoms with Gasteiger partial charge in [-0.15, -0.1) is 0 Å². The van der Waals surface area contributed by atoms with Gasteiger partial charge in [0.2, 0.25) is 5.78 Å². The molecule has 0 aromatic carbocycles. The molecule has 1 atom stereocenters. The maximum Gasteiger partial charge on any atom is 0.271 e. The molecule has 0 aliphatic carbocycles. The topological polar surface area (TPSA) is 53.0 Å². The van der Waals surface area contributed by atoms with Crippen molar-refractivity contribution in [2.45, 2.75) is 13.0 Å². The van der Waals surface area contributed by atoms with E-state index in [2.05, 4.69) is 4.99 Å². The summed E-state index contributed by atoms with van der Waals surface area (Å²) in [4.78, 5) is 25.9. The number of aliphatic imine (C=N–C) groups is 1. The van der Waals surface area contributed by atoms with Crippen LogP contribution in [0.2, 0.25) is 0 Å². The molecule has 0 spiro atoms. The third-order valence-corrected chi connectivity index (χ3v) is 2.15. The fourth-order valence-corrected chi connectivity index (χ4v) is 1.54. The number of Topliss-reactive ketones (excluding diaryl/α,β-unsaturated/α-hetero) is 1. The average molecular weight is 167 g/mol. The van der Waals surface area contributed by atoms with E-state index in [9.17, 15) is 9.59 Å². The van der Waals surface area contributed by atoms with Crippen molar-refractivity contribution < 1.29 is 9.59 Å². The Labute approximate surface area is 69.6 Å². The van der Waals surface area contributed by atoms with Gasteiger partial charge in [-0.2, -0.15) is 4.99 Å². The lowest BCUT2D eigenvalue weighted by molar-refractivity contribution is -0.123. The maximum atomic E-state index is 11.2. The molecule has 0 bridgehead atoms. The molecule has 2 aliphatic rings. The van der Waals surface area contributed by atoms with Crippen LogP contribution in [0.1, 0.15) is 6.92 Å². The molecule has 2 heterocycles. The van der Waals surface area contributed by atoms with Gasteiger partial charge in [0.1, 0.15) is 6.04 Å². The maximum absolute atomic E-state index is 11.2. The van der Waals surface area contributed by atoms with Crippen LogP contribution < -0.4 is 0 Å². The lowest BCUT2D eigenvalue weighted by atomic mass is 10.3. The quantitative estimate of drug-likeness (QED) is 0.466. The molecule has 0 aromatic rings. The number of hydrazine groups is 1. The van der Waals surface area contributed by atoms with E-state index in [1.807, 2.05) is 0 Å². The molecule has 5 nitrogen and oxygen atoms in total. The Balaban J connectivity index is 2.41. The number of amidine groups is 1. The molecule has 1 unspecified atom stereocenters. The first-order valence-electron chi connectivity index (χ1n) is 3.77. The van der Waals surface area contributed by atoms with Crippen LogP contribution >= 0.6 is 0 Å². The fraction of sp³-hybridized carbons (Fsp3) is 0.571. The van der Waals surface area contributed by atoms with Crippen molar-refractivity contribution in [2.75, 3.05) is 13.6 Å². The Morgan fingerprint density at radius 1 is 1.50 bits per heavy atom. The Morgan fingerprint density at radius 2 is 2.17 bits per heavy atom. The third kappa shape index (κ3) is 0.739. The summed E-state index contributed by atoms with van der Waals surface area (Å²) in [6.07, 6.45) is 0. The molecule has 1 amide bonds. The Kier molecular flexibility index (Phi) is 1.32. The first kappa shape index (κ1) is 7.42. The van der Waals surface area contributed by atoms with Crippen LogP contribution in [0.25, 0.3) is 0 Å². The molecular weight excluding hydrogens is 158 g/mol. The van der Waals surface area contributed by atoms with E-state index in [1.54, 1.807) is 24.0 Å². The molecule has 2 aliphatic heterocycles. The number of rotatable bonds is 0. The smallest absolute Gasteiger partial charge is 0.271 e. The van der Waals surface area contributed by atoms with Crippen LogP contribution in [-0.2, 0) is 9.59 Å². The Morgan fingerprint density at radius 3 is 2.75 bits per heavy atom. The molecule has 0 radical (unpaired) electrons. The number of amides is 1.